The zero-order chi connectivity index (χ0) is 33.5. The van der Waals surface area contributed by atoms with Gasteiger partial charge in [0.1, 0.15) is 0 Å². The molecule has 0 saturated heterocycles. The molecule has 0 aromatic carbocycles. The molecule has 0 radical (unpaired) electrons. The average Bonchev–Trinajstić information content (AvgIpc) is 3.76. The van der Waals surface area contributed by atoms with Crippen LogP contribution in [0.2, 0.25) is 0 Å². The first-order valence-electron chi connectivity index (χ1n) is 10.1. The third-order valence-corrected chi connectivity index (χ3v) is 3.68. The summed E-state index contributed by atoms with van der Waals surface area (Å²) in [6.45, 7) is 0. The van der Waals surface area contributed by atoms with Gasteiger partial charge in [0.2, 0.25) is 4.38 Å². The number of thiol groups is 1. The molecule has 0 atom stereocenters. The van der Waals surface area contributed by atoms with Gasteiger partial charge in [0.05, 0.1) is 24.8 Å². The minimum atomic E-state index is 0. The second kappa shape index (κ2) is 26.1. The number of thiocarbonyl (C=S) groups is 5. The van der Waals surface area contributed by atoms with Crippen LogP contribution in [0, 0.1) is 0 Å². The monoisotopic (exact) mass is 900 g/mol. The number of ether oxygens (including phenoxy) is 5. The molecule has 21 nitrogen and oxygen atoms in total. The van der Waals surface area contributed by atoms with Gasteiger partial charge in [-0.1, -0.05) is 59.0 Å². The Morgan fingerprint density at radius 2 is 0.826 bits per heavy atom. The quantitative estimate of drug-likeness (QED) is 0.0580. The fourth-order valence-corrected chi connectivity index (χ4v) is 2.43. The average molecular weight is 899 g/mol. The number of aromatic nitrogens is 16. The normalized spacial score (nSPS) is 8.72. The standard InChI is InChI=1S/4C3H3N3OS2.C2H2N4OS2.Mo/c4*8-3(9)7-2-1-4-6-5-2;8-2(9)7-1-3-5-6-4-1;/h4*1H,(H,8,9)(H,4,5,6);(H,8,9)(H,3,4,5,6);/q;;;;;+4/p-4. The van der Waals surface area contributed by atoms with Crippen molar-refractivity contribution in [3.05, 3.63) is 24.8 Å². The van der Waals surface area contributed by atoms with Gasteiger partial charge in [-0.25, -0.2) is 5.10 Å². The van der Waals surface area contributed by atoms with E-state index in [1.165, 1.54) is 24.8 Å². The van der Waals surface area contributed by atoms with Crippen molar-refractivity contribution in [3.8, 4) is 29.5 Å². The summed E-state index contributed by atoms with van der Waals surface area (Å²) in [5, 5.41) is 49.3. The molecule has 46 heavy (non-hydrogen) atoms. The Labute approximate surface area is 324 Å². The van der Waals surface area contributed by atoms with Crippen LogP contribution in [0.3, 0.4) is 0 Å². The van der Waals surface area contributed by atoms with E-state index in [2.05, 4.69) is 211 Å². The maximum absolute atomic E-state index is 4.70. The Morgan fingerprint density at radius 3 is 1.00 bits per heavy atom. The fourth-order valence-electron chi connectivity index (χ4n) is 1.58. The molecule has 5 aromatic heterocycles. The van der Waals surface area contributed by atoms with E-state index in [9.17, 15) is 0 Å². The molecule has 32 heteroatoms. The van der Waals surface area contributed by atoms with Crippen molar-refractivity contribution in [2.24, 2.45) is 0 Å². The Hall–Kier alpha value is -3.00. The predicted octanol–water partition coefficient (Wildman–Crippen LogP) is -0.148. The van der Waals surface area contributed by atoms with Crippen LogP contribution < -0.4 is 23.7 Å². The van der Waals surface area contributed by atoms with Crippen LogP contribution in [0.25, 0.3) is 0 Å². The number of tetrazole rings is 1. The Balaban J connectivity index is 0.000000547. The zero-order valence-electron chi connectivity index (χ0n) is 21.3. The first kappa shape index (κ1) is 43.0. The number of hydrogen-bond donors (Lipinski definition) is 6. The van der Waals surface area contributed by atoms with Crippen LogP contribution in [0.4, 0.5) is 0 Å². The molecule has 5 rings (SSSR count). The topological polar surface area (TPSA) is 267 Å². The van der Waals surface area contributed by atoms with E-state index in [4.69, 9.17) is 18.9 Å². The van der Waals surface area contributed by atoms with Gasteiger partial charge in [0, 0.05) is 17.5 Å². The number of H-pyrrole nitrogens is 5. The molecule has 5 N–H and O–H groups in total. The second-order valence-electron chi connectivity index (χ2n) is 5.73. The first-order valence-corrected chi connectivity index (χ1v) is 14.2. The number of nitrogens with zero attached hydrogens (tertiary/aromatic N) is 11. The van der Waals surface area contributed by atoms with Crippen LogP contribution in [0.1, 0.15) is 0 Å². The van der Waals surface area contributed by atoms with Crippen molar-refractivity contribution in [3.63, 3.8) is 0 Å². The number of aromatic amines is 5. The van der Waals surface area contributed by atoms with E-state index in [0.29, 0.717) is 23.5 Å². The van der Waals surface area contributed by atoms with Crippen molar-refractivity contribution >= 4 is 146 Å². The Morgan fingerprint density at radius 1 is 0.522 bits per heavy atom. The maximum atomic E-state index is 4.70. The van der Waals surface area contributed by atoms with Crippen LogP contribution >= 0.6 is 73.7 Å². The van der Waals surface area contributed by atoms with Gasteiger partial charge in [-0.2, -0.15) is 0 Å². The van der Waals surface area contributed by atoms with Crippen LogP contribution in [-0.2, 0) is 71.6 Å². The van der Waals surface area contributed by atoms with Gasteiger partial charge >= 0.3 is 27.1 Å². The number of hydrogen-bond acceptors (Lipinski definition) is 25. The van der Waals surface area contributed by atoms with Crippen LogP contribution in [-0.4, -0.2) is 104 Å². The van der Waals surface area contributed by atoms with E-state index >= 15 is 0 Å². The van der Waals surface area contributed by atoms with E-state index in [1.807, 2.05) is 0 Å². The minimum absolute atomic E-state index is 0. The van der Waals surface area contributed by atoms with Gasteiger partial charge in [-0.05, 0) is 22.6 Å². The van der Waals surface area contributed by atoms with Crippen molar-refractivity contribution < 1.29 is 44.7 Å². The summed E-state index contributed by atoms with van der Waals surface area (Å²) in [5.74, 6) is 1.20. The molecule has 242 valence electrons. The molecule has 0 aliphatic heterocycles. The van der Waals surface area contributed by atoms with Gasteiger partial charge in [0.15, 0.2) is 0 Å². The maximum Gasteiger partial charge on any atom is 4.00 e. The summed E-state index contributed by atoms with van der Waals surface area (Å²) in [4.78, 5) is 0. The van der Waals surface area contributed by atoms with Crippen molar-refractivity contribution in [1.82, 2.24) is 82.3 Å². The molecule has 0 aliphatic carbocycles. The molecule has 0 unspecified atom stereocenters. The summed E-state index contributed by atoms with van der Waals surface area (Å²) in [6, 6.07) is 0.148. The predicted molar refractivity (Wildman–Crippen MR) is 184 cm³/mol. The number of rotatable bonds is 5. The van der Waals surface area contributed by atoms with Gasteiger partial charge in [-0.15, -0.1) is 0 Å². The number of nitrogens with one attached hydrogen (secondary N) is 5. The summed E-state index contributed by atoms with van der Waals surface area (Å²) in [6.07, 6.45) is 5.83. The van der Waals surface area contributed by atoms with Gasteiger partial charge in [0.25, 0.3) is 23.5 Å². The molecular weight excluding hydrogens is 889 g/mol. The molecular formula is C14H10MoN16O5S10. The second-order valence-corrected chi connectivity index (χ2v) is 10.8. The molecule has 5 heterocycles. The molecule has 0 fully saturated rings. The van der Waals surface area contributed by atoms with Gasteiger partial charge in [-0.3, -0.25) is 20.4 Å². The van der Waals surface area contributed by atoms with Crippen molar-refractivity contribution in [2.45, 2.75) is 0 Å². The minimum Gasteiger partial charge on any atom is -0.457 e. The SMILES string of the molecule is S=C(S)Oc1nnn[nH]1.S=C([S-])Oc1c[nH]nn1.S=C([S-])Oc1c[nH]nn1.S=C([S-])Oc1c[nH]nn1.S=C([S-])Oc1c[nH]nn1.[Mo+4]. The van der Waals surface area contributed by atoms with Crippen molar-refractivity contribution in [1.29, 1.82) is 0 Å². The van der Waals surface area contributed by atoms with E-state index in [0.717, 1.165) is 0 Å². The molecule has 0 saturated carbocycles. The largest absolute Gasteiger partial charge is 4.00 e. The summed E-state index contributed by atoms with van der Waals surface area (Å²) in [7, 11) is 0. The van der Waals surface area contributed by atoms with E-state index < -0.39 is 0 Å². The molecule has 0 bridgehead atoms. The zero-order valence-corrected chi connectivity index (χ0v) is 31.5. The summed E-state index contributed by atoms with van der Waals surface area (Å²) in [5.41, 5.74) is 0. The van der Waals surface area contributed by atoms with Crippen molar-refractivity contribution in [2.75, 3.05) is 0 Å². The molecule has 0 spiro atoms. The summed E-state index contributed by atoms with van der Waals surface area (Å²) >= 11 is 43.8. The fraction of sp³-hybridized carbons (Fsp3) is 0. The Bertz CT molecular complexity index is 1260. The molecule has 5 aromatic rings. The first-order chi connectivity index (χ1) is 21.4. The van der Waals surface area contributed by atoms with Crippen LogP contribution in [0.15, 0.2) is 24.8 Å². The molecule has 0 amide bonds. The van der Waals surface area contributed by atoms with Crippen LogP contribution in [0.5, 0.6) is 29.5 Å². The van der Waals surface area contributed by atoms with E-state index in [-0.39, 0.29) is 49.0 Å². The van der Waals surface area contributed by atoms with E-state index in [1.54, 1.807) is 0 Å². The summed E-state index contributed by atoms with van der Waals surface area (Å²) < 4.78 is 23.6. The smallest absolute Gasteiger partial charge is 0.457 e. The third-order valence-electron chi connectivity index (χ3n) is 2.84. The third kappa shape index (κ3) is 24.3. The van der Waals surface area contributed by atoms with Gasteiger partial charge < -0.3 is 123 Å². The molecule has 0 aliphatic rings. The Kier molecular flexibility index (Phi) is 24.4.